The Hall–Kier alpha value is -3.09. The summed E-state index contributed by atoms with van der Waals surface area (Å²) in [6.45, 7) is 0. The van der Waals surface area contributed by atoms with Crippen molar-refractivity contribution in [2.45, 2.75) is 12.8 Å². The predicted octanol–water partition coefficient (Wildman–Crippen LogP) is 1.79. The third-order valence-electron chi connectivity index (χ3n) is 2.67. The number of carbonyl (C=O) groups is 1. The average Bonchev–Trinajstić information content (AvgIpc) is 2.45. The van der Waals surface area contributed by atoms with E-state index in [0.717, 1.165) is 0 Å². The molecule has 0 heterocycles. The minimum absolute atomic E-state index is 0.0181. The molecule has 2 rings (SSSR count). The molecule has 7 N–H and O–H groups in total. The van der Waals surface area contributed by atoms with Gasteiger partial charge in [-0.3, -0.25) is 4.79 Å². The number of nitrogen functional groups attached to an aromatic ring is 1. The lowest BCUT2D eigenvalue weighted by atomic mass is 10.1. The van der Waals surface area contributed by atoms with E-state index < -0.39 is 5.97 Å². The average molecular weight is 307 g/mol. The molecule has 7 nitrogen and oxygen atoms in total. The molecule has 0 aliphatic rings. The smallest absolute Gasteiger partial charge is 0.303 e. The summed E-state index contributed by atoms with van der Waals surface area (Å²) in [5, 5.41) is 43.9. The largest absolute Gasteiger partial charge is 0.504 e. The number of anilines is 1. The Bertz CT molecular complexity index is 656. The summed E-state index contributed by atoms with van der Waals surface area (Å²) in [4.78, 5) is 10.2. The Morgan fingerprint density at radius 1 is 0.864 bits per heavy atom. The number of benzene rings is 2. The van der Waals surface area contributed by atoms with Gasteiger partial charge in [-0.1, -0.05) is 6.07 Å². The molecule has 0 spiro atoms. The molecule has 2 aromatic rings. The second-order valence-electron chi connectivity index (χ2n) is 4.46. The first-order valence-corrected chi connectivity index (χ1v) is 6.29. The van der Waals surface area contributed by atoms with Crippen LogP contribution < -0.4 is 5.73 Å². The molecular weight excluding hydrogens is 290 g/mol. The third-order valence-corrected chi connectivity index (χ3v) is 2.67. The predicted molar refractivity (Wildman–Crippen MR) is 79.9 cm³/mol. The monoisotopic (exact) mass is 307 g/mol. The van der Waals surface area contributed by atoms with Crippen molar-refractivity contribution in [1.82, 2.24) is 0 Å². The number of nitrogens with two attached hydrogens (primary N) is 1. The van der Waals surface area contributed by atoms with Gasteiger partial charge in [0.15, 0.2) is 23.0 Å². The molecule has 0 bridgehead atoms. The lowest BCUT2D eigenvalue weighted by molar-refractivity contribution is -0.136. The lowest BCUT2D eigenvalue weighted by Crippen LogP contribution is -1.96. The Kier molecular flexibility index (Phi) is 5.88. The number of carboxylic acid groups (broad SMARTS) is 1. The van der Waals surface area contributed by atoms with Crippen LogP contribution in [0.3, 0.4) is 0 Å². The van der Waals surface area contributed by atoms with E-state index in [-0.39, 0.29) is 29.4 Å². The van der Waals surface area contributed by atoms with E-state index in [1.54, 1.807) is 6.07 Å². The summed E-state index contributed by atoms with van der Waals surface area (Å²) in [7, 11) is 0. The first-order chi connectivity index (χ1) is 10.3. The van der Waals surface area contributed by atoms with Gasteiger partial charge in [0.1, 0.15) is 0 Å². The van der Waals surface area contributed by atoms with Gasteiger partial charge in [-0.05, 0) is 36.2 Å². The van der Waals surface area contributed by atoms with E-state index >= 15 is 0 Å². The number of rotatable bonds is 3. The van der Waals surface area contributed by atoms with Crippen LogP contribution in [0, 0.1) is 0 Å². The number of aromatic hydroxyl groups is 4. The number of hydrogen-bond acceptors (Lipinski definition) is 6. The van der Waals surface area contributed by atoms with E-state index in [0.29, 0.717) is 17.7 Å². The minimum Gasteiger partial charge on any atom is -0.504 e. The van der Waals surface area contributed by atoms with Crippen molar-refractivity contribution >= 4 is 11.7 Å². The lowest BCUT2D eigenvalue weighted by Gasteiger charge is -2.01. The molecule has 22 heavy (non-hydrogen) atoms. The SMILES string of the molecule is Nc1ccc(O)c(O)c1.O=C(O)CCc1ccc(O)c(O)c1. The highest BCUT2D eigenvalue weighted by atomic mass is 16.4. The van der Waals surface area contributed by atoms with Crippen LogP contribution in [-0.4, -0.2) is 31.5 Å². The molecule has 0 radical (unpaired) electrons. The fourth-order valence-electron chi connectivity index (χ4n) is 1.52. The molecule has 0 saturated carbocycles. The molecule has 0 aliphatic carbocycles. The molecule has 0 amide bonds. The van der Waals surface area contributed by atoms with Gasteiger partial charge in [0.2, 0.25) is 0 Å². The topological polar surface area (TPSA) is 144 Å². The van der Waals surface area contributed by atoms with Gasteiger partial charge in [-0.2, -0.15) is 0 Å². The summed E-state index contributed by atoms with van der Waals surface area (Å²) in [5.74, 6) is -1.63. The molecule has 0 aliphatic heterocycles. The standard InChI is InChI=1S/C9H10O4.C6H7NO2/c10-7-3-1-6(5-8(7)11)2-4-9(12)13;7-4-1-2-5(8)6(9)3-4/h1,3,5,10-11H,2,4H2,(H,12,13);1-3,8-9H,7H2. The summed E-state index contributed by atoms with van der Waals surface area (Å²) >= 11 is 0. The van der Waals surface area contributed by atoms with Crippen LogP contribution in [0.2, 0.25) is 0 Å². The quantitative estimate of drug-likeness (QED) is 0.288. The highest BCUT2D eigenvalue weighted by Gasteiger charge is 2.02. The number of aliphatic carboxylic acids is 1. The van der Waals surface area contributed by atoms with Crippen LogP contribution in [0.15, 0.2) is 36.4 Å². The number of carboxylic acids is 1. The highest BCUT2D eigenvalue weighted by molar-refractivity contribution is 5.67. The Morgan fingerprint density at radius 3 is 1.86 bits per heavy atom. The van der Waals surface area contributed by atoms with Crippen molar-refractivity contribution in [3.8, 4) is 23.0 Å². The van der Waals surface area contributed by atoms with Crippen molar-refractivity contribution in [3.05, 3.63) is 42.0 Å². The Morgan fingerprint density at radius 2 is 1.41 bits per heavy atom. The van der Waals surface area contributed by atoms with Crippen molar-refractivity contribution in [3.63, 3.8) is 0 Å². The van der Waals surface area contributed by atoms with Crippen molar-refractivity contribution in [2.24, 2.45) is 0 Å². The molecule has 7 heteroatoms. The first-order valence-electron chi connectivity index (χ1n) is 6.29. The van der Waals surface area contributed by atoms with E-state index in [1.807, 2.05) is 0 Å². The number of hydrogen-bond donors (Lipinski definition) is 6. The van der Waals surface area contributed by atoms with Crippen LogP contribution in [0.1, 0.15) is 12.0 Å². The molecule has 0 fully saturated rings. The van der Waals surface area contributed by atoms with Gasteiger partial charge in [0.25, 0.3) is 0 Å². The third kappa shape index (κ3) is 5.49. The molecule has 0 aromatic heterocycles. The summed E-state index contributed by atoms with van der Waals surface area (Å²) in [6.07, 6.45) is 0.368. The fourth-order valence-corrected chi connectivity index (χ4v) is 1.52. The second kappa shape index (κ2) is 7.63. The molecular formula is C15H17NO6. The van der Waals surface area contributed by atoms with Crippen molar-refractivity contribution in [1.29, 1.82) is 0 Å². The van der Waals surface area contributed by atoms with Crippen LogP contribution in [-0.2, 0) is 11.2 Å². The van der Waals surface area contributed by atoms with Gasteiger partial charge in [0, 0.05) is 18.2 Å². The van der Waals surface area contributed by atoms with Gasteiger partial charge in [-0.15, -0.1) is 0 Å². The van der Waals surface area contributed by atoms with Crippen molar-refractivity contribution < 1.29 is 30.3 Å². The summed E-state index contributed by atoms with van der Waals surface area (Å²) in [5.41, 5.74) is 6.38. The Balaban J connectivity index is 0.000000235. The maximum Gasteiger partial charge on any atom is 0.303 e. The molecule has 2 aromatic carbocycles. The van der Waals surface area contributed by atoms with Gasteiger partial charge in [0.05, 0.1) is 0 Å². The van der Waals surface area contributed by atoms with E-state index in [1.165, 1.54) is 30.3 Å². The summed E-state index contributed by atoms with van der Waals surface area (Å²) < 4.78 is 0. The second-order valence-corrected chi connectivity index (χ2v) is 4.46. The maximum atomic E-state index is 10.2. The van der Waals surface area contributed by atoms with Gasteiger partial charge < -0.3 is 31.3 Å². The molecule has 0 saturated heterocycles. The van der Waals surface area contributed by atoms with Crippen molar-refractivity contribution in [2.75, 3.05) is 5.73 Å². The zero-order valence-corrected chi connectivity index (χ0v) is 11.6. The highest BCUT2D eigenvalue weighted by Crippen LogP contribution is 2.26. The van der Waals surface area contributed by atoms with Crippen LogP contribution >= 0.6 is 0 Å². The first kappa shape index (κ1) is 17.0. The van der Waals surface area contributed by atoms with E-state index in [4.69, 9.17) is 31.3 Å². The zero-order valence-electron chi connectivity index (χ0n) is 11.6. The fraction of sp³-hybridized carbons (Fsp3) is 0.133. The van der Waals surface area contributed by atoms with Crippen LogP contribution in [0.25, 0.3) is 0 Å². The molecule has 118 valence electrons. The number of phenols is 4. The van der Waals surface area contributed by atoms with Gasteiger partial charge in [-0.25, -0.2) is 0 Å². The number of aryl methyl sites for hydroxylation is 1. The maximum absolute atomic E-state index is 10.2. The van der Waals surface area contributed by atoms with E-state index in [9.17, 15) is 4.79 Å². The molecule has 0 unspecified atom stereocenters. The zero-order chi connectivity index (χ0) is 16.7. The normalized spacial score (nSPS) is 9.64. The van der Waals surface area contributed by atoms with Crippen LogP contribution in [0.5, 0.6) is 23.0 Å². The molecule has 0 atom stereocenters. The summed E-state index contributed by atoms with van der Waals surface area (Å²) in [6, 6.07) is 8.41. The number of phenolic OH excluding ortho intramolecular Hbond substituents is 4. The van der Waals surface area contributed by atoms with Crippen LogP contribution in [0.4, 0.5) is 5.69 Å². The Labute approximate surface area is 126 Å². The minimum atomic E-state index is -0.882. The van der Waals surface area contributed by atoms with Gasteiger partial charge >= 0.3 is 5.97 Å². The van der Waals surface area contributed by atoms with E-state index in [2.05, 4.69) is 0 Å².